The second-order valence-corrected chi connectivity index (χ2v) is 5.16. The van der Waals surface area contributed by atoms with Gasteiger partial charge in [-0.15, -0.1) is 0 Å². The minimum Gasteiger partial charge on any atom is -0.465 e. The molecule has 0 aliphatic carbocycles. The summed E-state index contributed by atoms with van der Waals surface area (Å²) in [7, 11) is 0. The van der Waals surface area contributed by atoms with Gasteiger partial charge < -0.3 is 15.4 Å². The SMILES string of the molecule is CCOC(=O)CN(C(=O)C(N)Cc1ccccc1)C(C)C. The number of nitrogens with two attached hydrogens (primary N) is 1. The highest BCUT2D eigenvalue weighted by atomic mass is 16.5. The number of hydrogen-bond acceptors (Lipinski definition) is 4. The van der Waals surface area contributed by atoms with E-state index in [0.717, 1.165) is 5.56 Å². The summed E-state index contributed by atoms with van der Waals surface area (Å²) in [5.74, 6) is -0.645. The lowest BCUT2D eigenvalue weighted by Gasteiger charge is -2.28. The number of benzene rings is 1. The van der Waals surface area contributed by atoms with Crippen LogP contribution in [0.4, 0.5) is 0 Å². The van der Waals surface area contributed by atoms with Crippen molar-refractivity contribution in [2.45, 2.75) is 39.3 Å². The lowest BCUT2D eigenvalue weighted by Crippen LogP contribution is -2.50. The number of esters is 1. The largest absolute Gasteiger partial charge is 0.465 e. The molecule has 0 aliphatic rings. The first-order valence-corrected chi connectivity index (χ1v) is 7.21. The topological polar surface area (TPSA) is 72.6 Å². The molecule has 1 aromatic carbocycles. The first-order chi connectivity index (χ1) is 9.95. The van der Waals surface area contributed by atoms with Gasteiger partial charge in [0.2, 0.25) is 5.91 Å². The number of rotatable bonds is 7. The zero-order valence-corrected chi connectivity index (χ0v) is 12.9. The van der Waals surface area contributed by atoms with E-state index in [1.165, 1.54) is 4.90 Å². The van der Waals surface area contributed by atoms with Gasteiger partial charge in [0.25, 0.3) is 0 Å². The predicted octanol–water partition coefficient (Wildman–Crippen LogP) is 1.36. The van der Waals surface area contributed by atoms with Crippen LogP contribution in [0.5, 0.6) is 0 Å². The van der Waals surface area contributed by atoms with E-state index >= 15 is 0 Å². The molecule has 0 aliphatic heterocycles. The maximum atomic E-state index is 12.4. The van der Waals surface area contributed by atoms with Gasteiger partial charge in [0, 0.05) is 6.04 Å². The Hall–Kier alpha value is -1.88. The van der Waals surface area contributed by atoms with Gasteiger partial charge in [-0.25, -0.2) is 0 Å². The standard InChI is InChI=1S/C16H24N2O3/c1-4-21-15(19)11-18(12(2)3)16(20)14(17)10-13-8-6-5-7-9-13/h5-9,12,14H,4,10-11,17H2,1-3H3. The van der Waals surface area contributed by atoms with E-state index in [2.05, 4.69) is 0 Å². The quantitative estimate of drug-likeness (QED) is 0.770. The highest BCUT2D eigenvalue weighted by molar-refractivity contribution is 5.86. The van der Waals surface area contributed by atoms with Crippen LogP contribution in [0.25, 0.3) is 0 Å². The summed E-state index contributed by atoms with van der Waals surface area (Å²) in [6.07, 6.45) is 0.450. The van der Waals surface area contributed by atoms with Gasteiger partial charge in [0.05, 0.1) is 12.6 Å². The fraction of sp³-hybridized carbons (Fsp3) is 0.500. The molecule has 1 atom stereocenters. The second-order valence-electron chi connectivity index (χ2n) is 5.16. The zero-order chi connectivity index (χ0) is 15.8. The molecule has 0 bridgehead atoms. The predicted molar refractivity (Wildman–Crippen MR) is 81.6 cm³/mol. The first-order valence-electron chi connectivity index (χ1n) is 7.21. The number of nitrogens with zero attached hydrogens (tertiary/aromatic N) is 1. The molecule has 1 amide bonds. The summed E-state index contributed by atoms with van der Waals surface area (Å²) in [6.45, 7) is 5.68. The molecule has 0 aromatic heterocycles. The molecule has 0 saturated heterocycles. The van der Waals surface area contributed by atoms with Gasteiger partial charge in [0.15, 0.2) is 0 Å². The van der Waals surface area contributed by atoms with Crippen LogP contribution in [0.1, 0.15) is 26.3 Å². The average molecular weight is 292 g/mol. The van der Waals surface area contributed by atoms with Crippen LogP contribution < -0.4 is 5.73 Å². The molecule has 0 heterocycles. The molecule has 1 rings (SSSR count). The lowest BCUT2D eigenvalue weighted by atomic mass is 10.1. The lowest BCUT2D eigenvalue weighted by molar-refractivity contribution is -0.150. The van der Waals surface area contributed by atoms with E-state index in [1.54, 1.807) is 6.92 Å². The van der Waals surface area contributed by atoms with Crippen molar-refractivity contribution in [2.75, 3.05) is 13.2 Å². The third-order valence-electron chi connectivity index (χ3n) is 3.13. The van der Waals surface area contributed by atoms with Gasteiger partial charge in [-0.3, -0.25) is 9.59 Å². The summed E-state index contributed by atoms with van der Waals surface area (Å²) in [5.41, 5.74) is 6.99. The molecule has 0 fully saturated rings. The van der Waals surface area contributed by atoms with E-state index in [1.807, 2.05) is 44.2 Å². The van der Waals surface area contributed by atoms with Crippen molar-refractivity contribution in [2.24, 2.45) is 5.73 Å². The van der Waals surface area contributed by atoms with Crippen molar-refractivity contribution in [3.8, 4) is 0 Å². The van der Waals surface area contributed by atoms with Crippen molar-refractivity contribution >= 4 is 11.9 Å². The molecular weight excluding hydrogens is 268 g/mol. The Morgan fingerprint density at radius 1 is 1.24 bits per heavy atom. The molecular formula is C16H24N2O3. The molecule has 0 radical (unpaired) electrons. The number of amides is 1. The third kappa shape index (κ3) is 5.55. The number of ether oxygens (including phenoxy) is 1. The molecule has 2 N–H and O–H groups in total. The van der Waals surface area contributed by atoms with E-state index in [0.29, 0.717) is 13.0 Å². The molecule has 116 valence electrons. The minimum absolute atomic E-state index is 0.0627. The summed E-state index contributed by atoms with van der Waals surface area (Å²) in [6, 6.07) is 8.82. The van der Waals surface area contributed by atoms with Crippen LogP contribution in [-0.4, -0.2) is 42.0 Å². The van der Waals surface area contributed by atoms with Gasteiger partial charge in [-0.1, -0.05) is 30.3 Å². The van der Waals surface area contributed by atoms with Crippen molar-refractivity contribution < 1.29 is 14.3 Å². The van der Waals surface area contributed by atoms with E-state index in [9.17, 15) is 9.59 Å². The molecule has 21 heavy (non-hydrogen) atoms. The molecule has 5 nitrogen and oxygen atoms in total. The molecule has 0 spiro atoms. The fourth-order valence-corrected chi connectivity index (χ4v) is 2.03. The van der Waals surface area contributed by atoms with Crippen LogP contribution in [0.3, 0.4) is 0 Å². The number of carbonyl (C=O) groups is 2. The Balaban J connectivity index is 2.69. The monoisotopic (exact) mass is 292 g/mol. The summed E-state index contributed by atoms with van der Waals surface area (Å²) >= 11 is 0. The van der Waals surface area contributed by atoms with Crippen LogP contribution in [0.2, 0.25) is 0 Å². The van der Waals surface area contributed by atoms with Crippen molar-refractivity contribution in [3.05, 3.63) is 35.9 Å². The smallest absolute Gasteiger partial charge is 0.325 e. The van der Waals surface area contributed by atoms with Crippen molar-refractivity contribution in [1.82, 2.24) is 4.90 Å². The zero-order valence-electron chi connectivity index (χ0n) is 12.9. The average Bonchev–Trinajstić information content (AvgIpc) is 2.45. The molecule has 1 aromatic rings. The minimum atomic E-state index is -0.663. The normalized spacial score (nSPS) is 12.0. The van der Waals surface area contributed by atoms with E-state index in [4.69, 9.17) is 10.5 Å². The highest BCUT2D eigenvalue weighted by Gasteiger charge is 2.25. The Morgan fingerprint density at radius 2 is 1.86 bits per heavy atom. The van der Waals surface area contributed by atoms with E-state index in [-0.39, 0.29) is 18.5 Å². The maximum Gasteiger partial charge on any atom is 0.325 e. The highest BCUT2D eigenvalue weighted by Crippen LogP contribution is 2.07. The second kappa shape index (κ2) is 8.42. The Bertz CT molecular complexity index is 460. The van der Waals surface area contributed by atoms with Gasteiger partial charge in [-0.05, 0) is 32.8 Å². The van der Waals surface area contributed by atoms with Crippen LogP contribution in [0, 0.1) is 0 Å². The first kappa shape index (κ1) is 17.2. The van der Waals surface area contributed by atoms with Crippen LogP contribution >= 0.6 is 0 Å². The summed E-state index contributed by atoms with van der Waals surface area (Å²) in [5, 5.41) is 0. The maximum absolute atomic E-state index is 12.4. The number of hydrogen-bond donors (Lipinski definition) is 1. The van der Waals surface area contributed by atoms with Crippen molar-refractivity contribution in [3.63, 3.8) is 0 Å². The Labute approximate surface area is 126 Å². The van der Waals surface area contributed by atoms with Gasteiger partial charge in [0.1, 0.15) is 6.54 Å². The summed E-state index contributed by atoms with van der Waals surface area (Å²) in [4.78, 5) is 25.5. The van der Waals surface area contributed by atoms with Crippen LogP contribution in [0.15, 0.2) is 30.3 Å². The number of carbonyl (C=O) groups excluding carboxylic acids is 2. The van der Waals surface area contributed by atoms with E-state index < -0.39 is 12.0 Å². The van der Waals surface area contributed by atoms with Crippen molar-refractivity contribution in [1.29, 1.82) is 0 Å². The molecule has 5 heteroatoms. The van der Waals surface area contributed by atoms with Crippen LogP contribution in [-0.2, 0) is 20.7 Å². The third-order valence-corrected chi connectivity index (χ3v) is 3.13. The summed E-state index contributed by atoms with van der Waals surface area (Å²) < 4.78 is 4.90. The fourth-order valence-electron chi connectivity index (χ4n) is 2.03. The van der Waals surface area contributed by atoms with Gasteiger partial charge >= 0.3 is 5.97 Å². The molecule has 0 saturated carbocycles. The molecule has 1 unspecified atom stereocenters. The Kier molecular flexibility index (Phi) is 6.88. The Morgan fingerprint density at radius 3 is 2.38 bits per heavy atom. The van der Waals surface area contributed by atoms with Gasteiger partial charge in [-0.2, -0.15) is 0 Å².